The van der Waals surface area contributed by atoms with Crippen molar-refractivity contribution in [1.82, 2.24) is 9.97 Å². The Morgan fingerprint density at radius 3 is 2.62 bits per heavy atom. The second-order valence-corrected chi connectivity index (χ2v) is 7.51. The predicted molar refractivity (Wildman–Crippen MR) is 104 cm³/mol. The third-order valence-electron chi connectivity index (χ3n) is 5.59. The van der Waals surface area contributed by atoms with E-state index in [4.69, 9.17) is 4.98 Å². The highest BCUT2D eigenvalue weighted by atomic mass is 15.2. The summed E-state index contributed by atoms with van der Waals surface area (Å²) in [6, 6.07) is 10.9. The van der Waals surface area contributed by atoms with Crippen LogP contribution in [-0.4, -0.2) is 36.1 Å². The van der Waals surface area contributed by atoms with E-state index in [9.17, 15) is 5.26 Å². The van der Waals surface area contributed by atoms with Crippen LogP contribution in [0.25, 0.3) is 0 Å². The maximum Gasteiger partial charge on any atom is 0.133 e. The van der Waals surface area contributed by atoms with Gasteiger partial charge in [-0.3, -0.25) is 0 Å². The van der Waals surface area contributed by atoms with Gasteiger partial charge in [-0.25, -0.2) is 9.97 Å². The molecule has 5 heteroatoms. The summed E-state index contributed by atoms with van der Waals surface area (Å²) in [4.78, 5) is 13.9. The number of hydrogen-bond acceptors (Lipinski definition) is 5. The highest BCUT2D eigenvalue weighted by Crippen LogP contribution is 2.38. The minimum atomic E-state index is 0.476. The first-order valence-electron chi connectivity index (χ1n) is 9.47. The molecule has 4 rings (SSSR count). The topological polar surface area (TPSA) is 56.1 Å². The van der Waals surface area contributed by atoms with Gasteiger partial charge < -0.3 is 9.80 Å². The van der Waals surface area contributed by atoms with Crippen molar-refractivity contribution in [2.24, 2.45) is 0 Å². The molecule has 0 spiro atoms. The lowest BCUT2D eigenvalue weighted by molar-refractivity contribution is 0.479. The molecule has 2 aliphatic rings. The number of hydrogen-bond donors (Lipinski definition) is 0. The van der Waals surface area contributed by atoms with Gasteiger partial charge in [-0.05, 0) is 56.4 Å². The van der Waals surface area contributed by atoms with Crippen molar-refractivity contribution in [2.75, 3.05) is 29.9 Å². The molecule has 0 atom stereocenters. The van der Waals surface area contributed by atoms with Crippen molar-refractivity contribution in [2.45, 2.75) is 44.6 Å². The Kier molecular flexibility index (Phi) is 4.50. The van der Waals surface area contributed by atoms with Crippen LogP contribution < -0.4 is 9.80 Å². The summed E-state index contributed by atoms with van der Waals surface area (Å²) in [6.45, 7) is 4.01. The van der Waals surface area contributed by atoms with Gasteiger partial charge in [0, 0.05) is 38.3 Å². The maximum absolute atomic E-state index is 9.41. The molecule has 0 amide bonds. The summed E-state index contributed by atoms with van der Waals surface area (Å²) in [5.74, 6) is 2.62. The summed E-state index contributed by atoms with van der Waals surface area (Å²) in [5.41, 5.74) is 3.05. The third-order valence-corrected chi connectivity index (χ3v) is 5.59. The number of nitriles is 1. The summed E-state index contributed by atoms with van der Waals surface area (Å²) < 4.78 is 0. The van der Waals surface area contributed by atoms with Crippen LogP contribution in [0.1, 0.15) is 48.6 Å². The van der Waals surface area contributed by atoms with Crippen LogP contribution in [0, 0.1) is 18.3 Å². The zero-order valence-corrected chi connectivity index (χ0v) is 15.5. The van der Waals surface area contributed by atoms with E-state index in [0.717, 1.165) is 48.8 Å². The van der Waals surface area contributed by atoms with Crippen LogP contribution in [0.3, 0.4) is 0 Å². The Morgan fingerprint density at radius 2 is 1.92 bits per heavy atom. The molecule has 5 nitrogen and oxygen atoms in total. The van der Waals surface area contributed by atoms with Gasteiger partial charge in [0.05, 0.1) is 11.3 Å². The lowest BCUT2D eigenvalue weighted by Gasteiger charge is -2.38. The van der Waals surface area contributed by atoms with E-state index >= 15 is 0 Å². The minimum absolute atomic E-state index is 0.476. The van der Waals surface area contributed by atoms with Gasteiger partial charge in [-0.1, -0.05) is 6.07 Å². The number of benzene rings is 1. The lowest BCUT2D eigenvalue weighted by Crippen LogP contribution is -2.44. The minimum Gasteiger partial charge on any atom is -0.370 e. The Bertz CT molecular complexity index is 829. The van der Waals surface area contributed by atoms with Crippen LogP contribution in [0.2, 0.25) is 0 Å². The van der Waals surface area contributed by atoms with E-state index in [2.05, 4.69) is 40.9 Å². The smallest absolute Gasteiger partial charge is 0.133 e. The van der Waals surface area contributed by atoms with Crippen LogP contribution in [-0.2, 0) is 0 Å². The van der Waals surface area contributed by atoms with Gasteiger partial charge in [0.1, 0.15) is 17.7 Å². The fraction of sp³-hybridized carbons (Fsp3) is 0.476. The summed E-state index contributed by atoms with van der Waals surface area (Å²) in [7, 11) is 2.15. The van der Waals surface area contributed by atoms with Crippen molar-refractivity contribution in [3.63, 3.8) is 0 Å². The fourth-order valence-corrected chi connectivity index (χ4v) is 3.78. The number of nitrogens with zero attached hydrogens (tertiary/aromatic N) is 5. The zero-order chi connectivity index (χ0) is 18.1. The normalized spacial score (nSPS) is 17.8. The van der Waals surface area contributed by atoms with Gasteiger partial charge in [0.2, 0.25) is 0 Å². The number of piperidine rings is 1. The van der Waals surface area contributed by atoms with Gasteiger partial charge in [-0.2, -0.15) is 5.26 Å². The number of aryl methyl sites for hydroxylation is 1. The van der Waals surface area contributed by atoms with E-state index in [-0.39, 0.29) is 0 Å². The van der Waals surface area contributed by atoms with Crippen molar-refractivity contribution < 1.29 is 0 Å². The molecule has 134 valence electrons. The Balaban J connectivity index is 1.44. The van der Waals surface area contributed by atoms with E-state index in [1.54, 1.807) is 0 Å². The number of anilines is 2. The highest BCUT2D eigenvalue weighted by Gasteiger charge is 2.28. The highest BCUT2D eigenvalue weighted by molar-refractivity contribution is 5.61. The molecule has 2 heterocycles. The van der Waals surface area contributed by atoms with E-state index in [1.165, 1.54) is 18.4 Å². The third kappa shape index (κ3) is 3.37. The SMILES string of the molecule is Cc1ccc(C#N)c(N2CCC(N(C)c3ccnc(C4CC4)n3)CC2)c1. The fourth-order valence-electron chi connectivity index (χ4n) is 3.78. The van der Waals surface area contributed by atoms with Crippen molar-refractivity contribution in [3.8, 4) is 6.07 Å². The number of rotatable bonds is 4. The average Bonchev–Trinajstić information content (AvgIpc) is 3.53. The lowest BCUT2D eigenvalue weighted by atomic mass is 10.0. The molecule has 0 N–H and O–H groups in total. The molecular formula is C21H25N5. The molecule has 2 fully saturated rings. The first kappa shape index (κ1) is 16.8. The first-order valence-corrected chi connectivity index (χ1v) is 9.47. The molecule has 2 aromatic rings. The maximum atomic E-state index is 9.41. The second kappa shape index (κ2) is 6.95. The molecule has 1 aromatic heterocycles. The van der Waals surface area contributed by atoms with E-state index < -0.39 is 0 Å². The quantitative estimate of drug-likeness (QED) is 0.845. The van der Waals surface area contributed by atoms with E-state index in [0.29, 0.717) is 12.0 Å². The monoisotopic (exact) mass is 347 g/mol. The molecule has 1 aliphatic carbocycles. The van der Waals surface area contributed by atoms with Crippen molar-refractivity contribution >= 4 is 11.5 Å². The van der Waals surface area contributed by atoms with Gasteiger partial charge in [-0.15, -0.1) is 0 Å². The molecule has 26 heavy (non-hydrogen) atoms. The second-order valence-electron chi connectivity index (χ2n) is 7.51. The standard InChI is InChI=1S/C21H25N5/c1-15-3-4-17(14-22)19(13-15)26-11-8-18(9-12-26)25(2)20-7-10-23-21(24-20)16-5-6-16/h3-4,7,10,13,16,18H,5-6,8-9,11-12H2,1-2H3. The van der Waals surface area contributed by atoms with Crippen molar-refractivity contribution in [1.29, 1.82) is 5.26 Å². The summed E-state index contributed by atoms with van der Waals surface area (Å²) in [6.07, 6.45) is 6.48. The molecule has 1 aliphatic heterocycles. The number of aromatic nitrogens is 2. The van der Waals surface area contributed by atoms with Crippen molar-refractivity contribution in [3.05, 3.63) is 47.4 Å². The molecular weight excluding hydrogens is 322 g/mol. The summed E-state index contributed by atoms with van der Waals surface area (Å²) >= 11 is 0. The Morgan fingerprint density at radius 1 is 1.15 bits per heavy atom. The molecule has 0 radical (unpaired) electrons. The summed E-state index contributed by atoms with van der Waals surface area (Å²) in [5, 5.41) is 9.41. The molecule has 1 saturated carbocycles. The van der Waals surface area contributed by atoms with Gasteiger partial charge in [0.15, 0.2) is 0 Å². The predicted octanol–water partition coefficient (Wildman–Crippen LogP) is 3.64. The van der Waals surface area contributed by atoms with Crippen LogP contribution in [0.15, 0.2) is 30.5 Å². The van der Waals surface area contributed by atoms with Gasteiger partial charge in [0.25, 0.3) is 0 Å². The molecule has 0 unspecified atom stereocenters. The molecule has 0 bridgehead atoms. The van der Waals surface area contributed by atoms with Gasteiger partial charge >= 0.3 is 0 Å². The Hall–Kier alpha value is -2.61. The van der Waals surface area contributed by atoms with Crippen LogP contribution in [0.4, 0.5) is 11.5 Å². The Labute approximate surface area is 155 Å². The molecule has 1 saturated heterocycles. The van der Waals surface area contributed by atoms with Crippen LogP contribution >= 0.6 is 0 Å². The molecule has 1 aromatic carbocycles. The zero-order valence-electron chi connectivity index (χ0n) is 15.5. The first-order chi connectivity index (χ1) is 12.7. The largest absolute Gasteiger partial charge is 0.370 e. The van der Waals surface area contributed by atoms with E-state index in [1.807, 2.05) is 24.4 Å². The van der Waals surface area contributed by atoms with Crippen LogP contribution in [0.5, 0.6) is 0 Å². The average molecular weight is 347 g/mol.